The molecule has 2 N–H and O–H groups in total. The molecule has 0 saturated heterocycles. The summed E-state index contributed by atoms with van der Waals surface area (Å²) in [5, 5.41) is 0. The monoisotopic (exact) mass is 858 g/mol. The third-order valence-corrected chi connectivity index (χ3v) is 14.6. The van der Waals surface area contributed by atoms with Crippen LogP contribution in [0.5, 0.6) is 0 Å². The lowest BCUT2D eigenvalue weighted by molar-refractivity contribution is 0.507. The zero-order chi connectivity index (χ0) is 43.7. The maximum Gasteiger partial charge on any atom is -0.00773 e. The van der Waals surface area contributed by atoms with E-state index in [2.05, 4.69) is 6.92 Å². The fraction of sp³-hybridized carbons (Fsp3) is 1.00. The van der Waals surface area contributed by atoms with E-state index in [9.17, 15) is 0 Å². The van der Waals surface area contributed by atoms with Crippen LogP contribution in [0.3, 0.4) is 0 Å². The van der Waals surface area contributed by atoms with Gasteiger partial charge in [-0.2, -0.15) is 0 Å². The van der Waals surface area contributed by atoms with Crippen molar-refractivity contribution in [2.45, 2.75) is 379 Å². The molecule has 0 heterocycles. The van der Waals surface area contributed by atoms with Gasteiger partial charge in [0.2, 0.25) is 0 Å². The lowest BCUT2D eigenvalue weighted by Gasteiger charge is -2.05. The van der Waals surface area contributed by atoms with Crippen molar-refractivity contribution < 1.29 is 0 Å². The summed E-state index contributed by atoms with van der Waals surface area (Å²) in [5.74, 6) is 0. The average molecular weight is 859 g/mol. The lowest BCUT2D eigenvalue weighted by atomic mass is 10.0. The smallest absolute Gasteiger partial charge is 0.00773 e. The quantitative estimate of drug-likeness (QED) is 0.0606. The molecule has 0 aromatic heterocycles. The van der Waals surface area contributed by atoms with Gasteiger partial charge in [0.05, 0.1) is 0 Å². The first kappa shape index (κ1) is 61.0. The summed E-state index contributed by atoms with van der Waals surface area (Å²) in [5.41, 5.74) is 5.57. The van der Waals surface area contributed by atoms with Crippen molar-refractivity contribution in [2.24, 2.45) is 5.73 Å². The summed E-state index contributed by atoms with van der Waals surface area (Å²) in [4.78, 5) is 0. The zero-order valence-electron chi connectivity index (χ0n) is 43.3. The van der Waals surface area contributed by atoms with Crippen molar-refractivity contribution in [3.05, 3.63) is 0 Å². The third-order valence-electron chi connectivity index (χ3n) is 14.6. The highest BCUT2D eigenvalue weighted by atomic mass is 14.5. The Morgan fingerprint density at radius 3 is 0.295 bits per heavy atom. The first-order valence-corrected chi connectivity index (χ1v) is 30.1. The van der Waals surface area contributed by atoms with E-state index in [1.54, 1.807) is 0 Å². The van der Waals surface area contributed by atoms with Crippen molar-refractivity contribution in [3.63, 3.8) is 0 Å². The van der Waals surface area contributed by atoms with Gasteiger partial charge in [-0.05, 0) is 13.0 Å². The largest absolute Gasteiger partial charge is 0.330 e. The van der Waals surface area contributed by atoms with Crippen LogP contribution in [0.25, 0.3) is 0 Å². The summed E-state index contributed by atoms with van der Waals surface area (Å²) in [6, 6.07) is 0. The van der Waals surface area contributed by atoms with Crippen molar-refractivity contribution in [1.29, 1.82) is 0 Å². The Hall–Kier alpha value is -0.0400. The predicted octanol–water partition coefficient (Wildman–Crippen LogP) is 22.6. The third kappa shape index (κ3) is 60.0. The number of hydrogen-bond acceptors (Lipinski definition) is 1. The number of rotatable bonds is 58. The van der Waals surface area contributed by atoms with Crippen LogP contribution in [0.15, 0.2) is 0 Å². The van der Waals surface area contributed by atoms with Crippen LogP contribution in [0.4, 0.5) is 0 Å². The van der Waals surface area contributed by atoms with Gasteiger partial charge in [0.25, 0.3) is 0 Å². The van der Waals surface area contributed by atoms with Crippen molar-refractivity contribution >= 4 is 0 Å². The molecule has 61 heavy (non-hydrogen) atoms. The molecule has 0 atom stereocenters. The fourth-order valence-corrected chi connectivity index (χ4v) is 10.1. The molecule has 0 aromatic carbocycles. The number of hydrogen-bond donors (Lipinski definition) is 1. The van der Waals surface area contributed by atoms with E-state index in [1.807, 2.05) is 0 Å². The molecule has 0 aliphatic rings. The van der Waals surface area contributed by atoms with Gasteiger partial charge in [0.15, 0.2) is 0 Å². The van der Waals surface area contributed by atoms with Gasteiger partial charge in [-0.15, -0.1) is 0 Å². The van der Waals surface area contributed by atoms with Gasteiger partial charge in [-0.3, -0.25) is 0 Å². The fourth-order valence-electron chi connectivity index (χ4n) is 10.1. The molecule has 0 bridgehead atoms. The predicted molar refractivity (Wildman–Crippen MR) is 283 cm³/mol. The second kappa shape index (κ2) is 60.0. The highest BCUT2D eigenvalue weighted by molar-refractivity contribution is 4.55. The summed E-state index contributed by atoms with van der Waals surface area (Å²) < 4.78 is 0. The van der Waals surface area contributed by atoms with Gasteiger partial charge in [0, 0.05) is 0 Å². The first-order valence-electron chi connectivity index (χ1n) is 30.1. The molecule has 0 radical (unpaired) electrons. The molecule has 0 unspecified atom stereocenters. The Balaban J connectivity index is 3.06. The Kier molecular flexibility index (Phi) is 59.9. The van der Waals surface area contributed by atoms with E-state index in [0.29, 0.717) is 0 Å². The summed E-state index contributed by atoms with van der Waals surface area (Å²) in [7, 11) is 0. The van der Waals surface area contributed by atoms with Crippen LogP contribution >= 0.6 is 0 Å². The minimum Gasteiger partial charge on any atom is -0.330 e. The van der Waals surface area contributed by atoms with E-state index in [0.717, 1.165) is 6.54 Å². The van der Waals surface area contributed by atoms with E-state index < -0.39 is 0 Å². The molecule has 0 saturated carbocycles. The molecular formula is C60H123N. The van der Waals surface area contributed by atoms with Crippen molar-refractivity contribution in [2.75, 3.05) is 6.54 Å². The highest BCUT2D eigenvalue weighted by Crippen LogP contribution is 2.19. The minimum absolute atomic E-state index is 0.875. The Labute approximate surface area is 390 Å². The second-order valence-electron chi connectivity index (χ2n) is 20.9. The van der Waals surface area contributed by atoms with Gasteiger partial charge < -0.3 is 5.73 Å². The average Bonchev–Trinajstić information content (AvgIpc) is 3.27. The molecule has 0 aromatic rings. The van der Waals surface area contributed by atoms with Crippen molar-refractivity contribution in [3.8, 4) is 0 Å². The summed E-state index contributed by atoms with van der Waals surface area (Å²) in [6.07, 6.45) is 85.7. The molecule has 1 heteroatoms. The van der Waals surface area contributed by atoms with Crippen LogP contribution in [-0.4, -0.2) is 6.54 Å². The van der Waals surface area contributed by atoms with E-state index in [4.69, 9.17) is 5.73 Å². The molecule has 1 nitrogen and oxygen atoms in total. The molecule has 0 aliphatic carbocycles. The Morgan fingerprint density at radius 2 is 0.213 bits per heavy atom. The molecule has 0 rings (SSSR count). The topological polar surface area (TPSA) is 26.0 Å². The number of nitrogens with two attached hydrogens (primary N) is 1. The van der Waals surface area contributed by atoms with E-state index in [-0.39, 0.29) is 0 Å². The SMILES string of the molecule is CCCCCCCCCCCCCCCCCCCCCCCCCCCCCCCCCCCCCCCCCCCCCCCCCCCCCCCCCCCCN. The molecule has 0 aliphatic heterocycles. The Bertz CT molecular complexity index is 644. The zero-order valence-corrected chi connectivity index (χ0v) is 43.3. The normalized spacial score (nSPS) is 11.7. The van der Waals surface area contributed by atoms with Gasteiger partial charge >= 0.3 is 0 Å². The van der Waals surface area contributed by atoms with Gasteiger partial charge in [-0.25, -0.2) is 0 Å². The Morgan fingerprint density at radius 1 is 0.131 bits per heavy atom. The maximum absolute atomic E-state index is 5.57. The summed E-state index contributed by atoms with van der Waals surface area (Å²) >= 11 is 0. The van der Waals surface area contributed by atoms with Gasteiger partial charge in [-0.1, -0.05) is 373 Å². The molecule has 368 valence electrons. The molecule has 0 amide bonds. The minimum atomic E-state index is 0.875. The maximum atomic E-state index is 5.57. The second-order valence-corrected chi connectivity index (χ2v) is 20.9. The van der Waals surface area contributed by atoms with Crippen LogP contribution in [-0.2, 0) is 0 Å². The van der Waals surface area contributed by atoms with Crippen LogP contribution in [0.2, 0.25) is 0 Å². The first-order chi connectivity index (χ1) is 30.4. The van der Waals surface area contributed by atoms with Crippen molar-refractivity contribution in [1.82, 2.24) is 0 Å². The van der Waals surface area contributed by atoms with Crippen LogP contribution in [0, 0.1) is 0 Å². The lowest BCUT2D eigenvalue weighted by Crippen LogP contribution is -1.97. The molecular weight excluding hydrogens is 735 g/mol. The number of unbranched alkanes of at least 4 members (excludes halogenated alkanes) is 57. The van der Waals surface area contributed by atoms with Crippen LogP contribution in [0.1, 0.15) is 379 Å². The highest BCUT2D eigenvalue weighted by Gasteiger charge is 2.00. The molecule has 0 spiro atoms. The van der Waals surface area contributed by atoms with Gasteiger partial charge in [0.1, 0.15) is 0 Å². The van der Waals surface area contributed by atoms with Crippen LogP contribution < -0.4 is 5.73 Å². The summed E-state index contributed by atoms with van der Waals surface area (Å²) in [6.45, 7) is 3.19. The van der Waals surface area contributed by atoms with E-state index >= 15 is 0 Å². The van der Waals surface area contributed by atoms with E-state index in [1.165, 1.54) is 372 Å². The standard InChI is InChI=1S/C60H123N/c1-2-3-4-5-6-7-8-9-10-11-12-13-14-15-16-17-18-19-20-21-22-23-24-25-26-27-28-29-30-31-32-33-34-35-36-37-38-39-40-41-42-43-44-45-46-47-48-49-50-51-52-53-54-55-56-57-58-59-60-61/h2-61H2,1H3. The molecule has 0 fully saturated rings.